The van der Waals surface area contributed by atoms with E-state index in [1.54, 1.807) is 7.11 Å². The first-order valence-corrected chi connectivity index (χ1v) is 7.47. The minimum absolute atomic E-state index is 0.368. The molecule has 1 fully saturated rings. The van der Waals surface area contributed by atoms with Gasteiger partial charge in [-0.3, -0.25) is 0 Å². The predicted molar refractivity (Wildman–Crippen MR) is 80.9 cm³/mol. The number of nitrogens with one attached hydrogen (secondary N) is 1. The van der Waals surface area contributed by atoms with Crippen LogP contribution in [0, 0.1) is 5.41 Å². The van der Waals surface area contributed by atoms with Crippen molar-refractivity contribution in [3.8, 4) is 5.75 Å². The van der Waals surface area contributed by atoms with Crippen molar-refractivity contribution in [2.24, 2.45) is 5.41 Å². The smallest absolute Gasteiger partial charge is 0.124 e. The summed E-state index contributed by atoms with van der Waals surface area (Å²) in [6.45, 7) is 5.48. The average Bonchev–Trinajstić information content (AvgIpc) is 2.38. The topological polar surface area (TPSA) is 21.3 Å². The highest BCUT2D eigenvalue weighted by molar-refractivity contribution is 6.31. The third-order valence-corrected chi connectivity index (χ3v) is 4.68. The van der Waals surface area contributed by atoms with Gasteiger partial charge in [-0.25, -0.2) is 0 Å². The molecule has 106 valence electrons. The number of halogens is 1. The third-order valence-electron chi connectivity index (χ3n) is 4.33. The van der Waals surface area contributed by atoms with Crippen LogP contribution in [-0.2, 0) is 6.54 Å². The van der Waals surface area contributed by atoms with Gasteiger partial charge in [-0.15, -0.1) is 0 Å². The van der Waals surface area contributed by atoms with Gasteiger partial charge in [0.2, 0.25) is 0 Å². The second kappa shape index (κ2) is 6.15. The Morgan fingerprint density at radius 3 is 2.84 bits per heavy atom. The van der Waals surface area contributed by atoms with E-state index in [0.29, 0.717) is 11.5 Å². The SMILES string of the molecule is COc1cccc(Cl)c1CNC1CCCCC1(C)C. The van der Waals surface area contributed by atoms with Crippen molar-refractivity contribution in [3.05, 3.63) is 28.8 Å². The molecule has 1 saturated carbocycles. The van der Waals surface area contributed by atoms with Gasteiger partial charge in [0.1, 0.15) is 5.75 Å². The standard InChI is InChI=1S/C16H24ClNO/c1-16(2)10-5-4-9-15(16)18-11-12-13(17)7-6-8-14(12)19-3/h6-8,15,18H,4-5,9-11H2,1-3H3. The molecule has 0 aliphatic heterocycles. The fraction of sp³-hybridized carbons (Fsp3) is 0.625. The van der Waals surface area contributed by atoms with Crippen molar-refractivity contribution in [1.82, 2.24) is 5.32 Å². The van der Waals surface area contributed by atoms with E-state index in [4.69, 9.17) is 16.3 Å². The summed E-state index contributed by atoms with van der Waals surface area (Å²) in [4.78, 5) is 0. The Labute approximate surface area is 121 Å². The Balaban J connectivity index is 2.06. The van der Waals surface area contributed by atoms with Gasteiger partial charge < -0.3 is 10.1 Å². The zero-order valence-corrected chi connectivity index (χ0v) is 12.9. The number of benzene rings is 1. The molecule has 0 aromatic heterocycles. The molecule has 2 nitrogen and oxygen atoms in total. The molecular formula is C16H24ClNO. The van der Waals surface area contributed by atoms with E-state index in [0.717, 1.165) is 22.9 Å². The molecule has 0 saturated heterocycles. The number of rotatable bonds is 4. The first kappa shape index (κ1) is 14.7. The summed E-state index contributed by atoms with van der Waals surface area (Å²) in [5, 5.41) is 4.46. The number of methoxy groups -OCH3 is 1. The molecule has 1 atom stereocenters. The van der Waals surface area contributed by atoms with Gasteiger partial charge in [-0.05, 0) is 30.4 Å². The summed E-state index contributed by atoms with van der Waals surface area (Å²) in [6.07, 6.45) is 5.21. The molecule has 0 bridgehead atoms. The van der Waals surface area contributed by atoms with Gasteiger partial charge in [0.05, 0.1) is 7.11 Å². The van der Waals surface area contributed by atoms with Gasteiger partial charge in [-0.1, -0.05) is 44.4 Å². The summed E-state index contributed by atoms with van der Waals surface area (Å²) in [6, 6.07) is 6.37. The van der Waals surface area contributed by atoms with Gasteiger partial charge in [0.25, 0.3) is 0 Å². The number of hydrogen-bond acceptors (Lipinski definition) is 2. The Morgan fingerprint density at radius 2 is 2.16 bits per heavy atom. The molecule has 1 N–H and O–H groups in total. The lowest BCUT2D eigenvalue weighted by molar-refractivity contribution is 0.166. The number of ether oxygens (including phenoxy) is 1. The molecule has 1 aromatic rings. The highest BCUT2D eigenvalue weighted by atomic mass is 35.5. The van der Waals surface area contributed by atoms with Crippen molar-refractivity contribution in [2.45, 2.75) is 52.1 Å². The fourth-order valence-corrected chi connectivity index (χ4v) is 3.23. The number of hydrogen-bond donors (Lipinski definition) is 1. The molecule has 0 amide bonds. The summed E-state index contributed by atoms with van der Waals surface area (Å²) in [7, 11) is 1.69. The average molecular weight is 282 g/mol. The van der Waals surface area contributed by atoms with Gasteiger partial charge >= 0.3 is 0 Å². The minimum Gasteiger partial charge on any atom is -0.496 e. The van der Waals surface area contributed by atoms with Crippen LogP contribution in [0.3, 0.4) is 0 Å². The van der Waals surface area contributed by atoms with E-state index < -0.39 is 0 Å². The van der Waals surface area contributed by atoms with Gasteiger partial charge in [0.15, 0.2) is 0 Å². The molecule has 1 aromatic carbocycles. The largest absolute Gasteiger partial charge is 0.496 e. The van der Waals surface area contributed by atoms with Crippen LogP contribution >= 0.6 is 11.6 Å². The molecule has 1 aliphatic rings. The Hall–Kier alpha value is -0.730. The van der Waals surface area contributed by atoms with E-state index in [1.807, 2.05) is 18.2 Å². The minimum atomic E-state index is 0.368. The summed E-state index contributed by atoms with van der Waals surface area (Å²) >= 11 is 6.28. The van der Waals surface area contributed by atoms with Crippen molar-refractivity contribution in [3.63, 3.8) is 0 Å². The maximum atomic E-state index is 6.28. The van der Waals surface area contributed by atoms with E-state index in [-0.39, 0.29) is 0 Å². The maximum absolute atomic E-state index is 6.28. The van der Waals surface area contributed by atoms with E-state index in [9.17, 15) is 0 Å². The van der Waals surface area contributed by atoms with Crippen molar-refractivity contribution in [2.75, 3.05) is 7.11 Å². The molecule has 0 spiro atoms. The van der Waals surface area contributed by atoms with Crippen LogP contribution in [0.4, 0.5) is 0 Å². The van der Waals surface area contributed by atoms with Crippen LogP contribution in [0.1, 0.15) is 45.1 Å². The van der Waals surface area contributed by atoms with Crippen LogP contribution in [0.2, 0.25) is 5.02 Å². The Kier molecular flexibility index (Phi) is 4.75. The summed E-state index contributed by atoms with van der Waals surface area (Å²) in [5.41, 5.74) is 1.43. The van der Waals surface area contributed by atoms with E-state index in [2.05, 4.69) is 19.2 Å². The fourth-order valence-electron chi connectivity index (χ4n) is 3.00. The van der Waals surface area contributed by atoms with E-state index >= 15 is 0 Å². The van der Waals surface area contributed by atoms with Crippen molar-refractivity contribution < 1.29 is 4.74 Å². The summed E-state index contributed by atoms with van der Waals surface area (Å²) < 4.78 is 5.39. The monoisotopic (exact) mass is 281 g/mol. The molecular weight excluding hydrogens is 258 g/mol. The highest BCUT2D eigenvalue weighted by Gasteiger charge is 2.31. The molecule has 1 aliphatic carbocycles. The van der Waals surface area contributed by atoms with Crippen LogP contribution in [0.15, 0.2) is 18.2 Å². The molecule has 0 heterocycles. The normalized spacial score (nSPS) is 22.2. The van der Waals surface area contributed by atoms with Crippen molar-refractivity contribution >= 4 is 11.6 Å². The van der Waals surface area contributed by atoms with Crippen LogP contribution in [0.5, 0.6) is 5.75 Å². The van der Waals surface area contributed by atoms with Crippen molar-refractivity contribution in [1.29, 1.82) is 0 Å². The van der Waals surface area contributed by atoms with Crippen LogP contribution < -0.4 is 10.1 Å². The zero-order valence-electron chi connectivity index (χ0n) is 12.1. The lowest BCUT2D eigenvalue weighted by Crippen LogP contribution is -2.43. The second-order valence-corrected chi connectivity index (χ2v) is 6.50. The second-order valence-electron chi connectivity index (χ2n) is 6.09. The summed E-state index contributed by atoms with van der Waals surface area (Å²) in [5.74, 6) is 0.869. The Morgan fingerprint density at radius 1 is 1.37 bits per heavy atom. The zero-order chi connectivity index (χ0) is 13.9. The predicted octanol–water partition coefficient (Wildman–Crippen LogP) is 4.41. The quantitative estimate of drug-likeness (QED) is 0.883. The van der Waals surface area contributed by atoms with Gasteiger partial charge in [-0.2, -0.15) is 0 Å². The molecule has 0 radical (unpaired) electrons. The lowest BCUT2D eigenvalue weighted by Gasteiger charge is -2.39. The van der Waals surface area contributed by atoms with Crippen LogP contribution in [0.25, 0.3) is 0 Å². The van der Waals surface area contributed by atoms with Gasteiger partial charge in [0, 0.05) is 23.2 Å². The molecule has 1 unspecified atom stereocenters. The van der Waals surface area contributed by atoms with E-state index in [1.165, 1.54) is 25.7 Å². The lowest BCUT2D eigenvalue weighted by atomic mass is 9.73. The highest BCUT2D eigenvalue weighted by Crippen LogP contribution is 2.36. The third kappa shape index (κ3) is 3.43. The first-order valence-electron chi connectivity index (χ1n) is 7.09. The molecule has 19 heavy (non-hydrogen) atoms. The first-order chi connectivity index (χ1) is 9.04. The molecule has 3 heteroatoms. The van der Waals surface area contributed by atoms with Crippen LogP contribution in [-0.4, -0.2) is 13.2 Å². The maximum Gasteiger partial charge on any atom is 0.124 e. The Bertz CT molecular complexity index is 431. The molecule has 2 rings (SSSR count).